The minimum atomic E-state index is -0.461. The zero-order valence-electron chi connectivity index (χ0n) is 19.3. The average Bonchev–Trinajstić information content (AvgIpc) is 3.31. The maximum absolute atomic E-state index is 13.3. The van der Waals surface area contributed by atoms with E-state index in [2.05, 4.69) is 10.2 Å². The molecule has 1 atom stereocenters. The molecule has 0 fully saturated rings. The van der Waals surface area contributed by atoms with Crippen LogP contribution in [0.4, 0.5) is 0 Å². The van der Waals surface area contributed by atoms with Crippen molar-refractivity contribution in [2.24, 2.45) is 0 Å². The van der Waals surface area contributed by atoms with Gasteiger partial charge in [0.05, 0.1) is 19.8 Å². The summed E-state index contributed by atoms with van der Waals surface area (Å²) < 4.78 is 11.2. The molecule has 3 N–H and O–H groups in total. The van der Waals surface area contributed by atoms with Crippen LogP contribution in [0.3, 0.4) is 0 Å². The monoisotopic (exact) mass is 451 g/mol. The van der Waals surface area contributed by atoms with Crippen LogP contribution in [0.15, 0.2) is 30.3 Å². The van der Waals surface area contributed by atoms with Crippen molar-refractivity contribution in [2.75, 3.05) is 26.9 Å². The van der Waals surface area contributed by atoms with E-state index in [1.165, 1.54) is 0 Å². The summed E-state index contributed by atoms with van der Waals surface area (Å²) in [6, 6.07) is 8.81. The molecule has 1 amide bonds. The fraction of sp³-hybridized carbons (Fsp3) is 0.360. The fourth-order valence-corrected chi connectivity index (χ4v) is 4.59. The molecule has 0 saturated heterocycles. The summed E-state index contributed by atoms with van der Waals surface area (Å²) in [5.41, 5.74) is 4.86. The Bertz CT molecular complexity index is 1160. The third kappa shape index (κ3) is 3.91. The molecule has 1 aliphatic rings. The molecule has 0 saturated carbocycles. The van der Waals surface area contributed by atoms with E-state index < -0.39 is 6.04 Å². The van der Waals surface area contributed by atoms with E-state index in [0.717, 1.165) is 16.7 Å². The van der Waals surface area contributed by atoms with E-state index in [9.17, 15) is 15.0 Å². The van der Waals surface area contributed by atoms with E-state index in [1.54, 1.807) is 18.1 Å². The smallest absolute Gasteiger partial charge is 0.273 e. The molecule has 0 aliphatic carbocycles. The molecular formula is C25H29N3O5. The Morgan fingerprint density at radius 3 is 2.64 bits per heavy atom. The van der Waals surface area contributed by atoms with Crippen LogP contribution in [-0.4, -0.2) is 58.1 Å². The molecule has 33 heavy (non-hydrogen) atoms. The summed E-state index contributed by atoms with van der Waals surface area (Å²) in [4.78, 5) is 15.1. The maximum atomic E-state index is 13.3. The first-order chi connectivity index (χ1) is 15.9. The quantitative estimate of drug-likeness (QED) is 0.482. The summed E-state index contributed by atoms with van der Waals surface area (Å²) in [7, 11) is 1.58. The van der Waals surface area contributed by atoms with Gasteiger partial charge in [0.1, 0.15) is 17.1 Å². The lowest BCUT2D eigenvalue weighted by molar-refractivity contribution is 0.0732. The lowest BCUT2D eigenvalue weighted by Crippen LogP contribution is -2.31. The molecule has 2 heterocycles. The van der Waals surface area contributed by atoms with Gasteiger partial charge in [-0.15, -0.1) is 0 Å². The number of aromatic hydroxyl groups is 1. The van der Waals surface area contributed by atoms with E-state index in [4.69, 9.17) is 9.47 Å². The minimum Gasteiger partial charge on any atom is -0.507 e. The van der Waals surface area contributed by atoms with Gasteiger partial charge in [-0.3, -0.25) is 9.89 Å². The number of hydrogen-bond donors (Lipinski definition) is 3. The summed E-state index contributed by atoms with van der Waals surface area (Å²) in [6.07, 6.45) is 0.443. The van der Waals surface area contributed by atoms with Gasteiger partial charge in [0.2, 0.25) is 0 Å². The lowest BCUT2D eigenvalue weighted by Gasteiger charge is -2.27. The number of aliphatic hydroxyl groups excluding tert-OH is 1. The van der Waals surface area contributed by atoms with Crippen molar-refractivity contribution in [3.05, 3.63) is 58.3 Å². The van der Waals surface area contributed by atoms with Gasteiger partial charge in [0, 0.05) is 24.3 Å². The minimum absolute atomic E-state index is 0.0278. The number of ether oxygens (including phenoxy) is 2. The topological polar surface area (TPSA) is 108 Å². The van der Waals surface area contributed by atoms with E-state index in [1.807, 2.05) is 45.0 Å². The van der Waals surface area contributed by atoms with Gasteiger partial charge in [0.25, 0.3) is 5.91 Å². The van der Waals surface area contributed by atoms with Gasteiger partial charge in [-0.25, -0.2) is 0 Å². The van der Waals surface area contributed by atoms with Gasteiger partial charge < -0.3 is 24.6 Å². The van der Waals surface area contributed by atoms with Crippen LogP contribution in [0, 0.1) is 13.8 Å². The predicted octanol–water partition coefficient (Wildman–Crippen LogP) is 3.73. The van der Waals surface area contributed by atoms with Crippen molar-refractivity contribution in [3.63, 3.8) is 0 Å². The summed E-state index contributed by atoms with van der Waals surface area (Å²) in [5, 5.41) is 27.5. The number of aromatic amines is 1. The number of fused-ring (bicyclic) bond motifs is 1. The van der Waals surface area contributed by atoms with Crippen LogP contribution in [0.25, 0.3) is 11.3 Å². The number of aromatic nitrogens is 2. The summed E-state index contributed by atoms with van der Waals surface area (Å²) in [5.74, 6) is 1.11. The van der Waals surface area contributed by atoms with Crippen LogP contribution in [0.2, 0.25) is 0 Å². The fourth-order valence-electron chi connectivity index (χ4n) is 4.59. The van der Waals surface area contributed by atoms with Crippen molar-refractivity contribution in [3.8, 4) is 28.5 Å². The predicted molar refractivity (Wildman–Crippen MR) is 124 cm³/mol. The van der Waals surface area contributed by atoms with E-state index in [0.29, 0.717) is 53.6 Å². The van der Waals surface area contributed by atoms with Crippen molar-refractivity contribution in [1.82, 2.24) is 15.1 Å². The number of nitrogens with zero attached hydrogens (tertiary/aromatic N) is 2. The molecular weight excluding hydrogens is 422 g/mol. The van der Waals surface area contributed by atoms with Crippen molar-refractivity contribution < 1.29 is 24.5 Å². The highest BCUT2D eigenvalue weighted by Gasteiger charge is 2.42. The summed E-state index contributed by atoms with van der Waals surface area (Å²) >= 11 is 0. The number of benzene rings is 2. The number of H-pyrrole nitrogens is 1. The molecule has 8 nitrogen and oxygen atoms in total. The number of nitrogens with one attached hydrogen (secondary N) is 1. The highest BCUT2D eigenvalue weighted by molar-refractivity contribution is 6.00. The number of carbonyl (C=O) groups excluding carboxylic acids is 1. The molecule has 8 heteroatoms. The highest BCUT2D eigenvalue weighted by Crippen LogP contribution is 2.46. The molecule has 0 spiro atoms. The average molecular weight is 452 g/mol. The number of methoxy groups -OCH3 is 1. The molecule has 4 rings (SSSR count). The van der Waals surface area contributed by atoms with Crippen LogP contribution in [-0.2, 0) is 0 Å². The van der Waals surface area contributed by atoms with Gasteiger partial charge in [-0.2, -0.15) is 5.10 Å². The second-order valence-electron chi connectivity index (χ2n) is 8.16. The number of rotatable bonds is 8. The number of carbonyl (C=O) groups is 1. The van der Waals surface area contributed by atoms with Crippen molar-refractivity contribution in [2.45, 2.75) is 33.2 Å². The molecule has 174 valence electrons. The maximum Gasteiger partial charge on any atom is 0.273 e. The van der Waals surface area contributed by atoms with E-state index in [-0.39, 0.29) is 18.3 Å². The zero-order chi connectivity index (χ0) is 23.7. The molecule has 2 aromatic carbocycles. The van der Waals surface area contributed by atoms with Crippen LogP contribution >= 0.6 is 0 Å². The van der Waals surface area contributed by atoms with Crippen LogP contribution in [0.5, 0.6) is 17.2 Å². The molecule has 0 radical (unpaired) electrons. The Morgan fingerprint density at radius 1 is 1.18 bits per heavy atom. The lowest BCUT2D eigenvalue weighted by atomic mass is 9.93. The number of aryl methyl sites for hydroxylation is 2. The van der Waals surface area contributed by atoms with Gasteiger partial charge >= 0.3 is 0 Å². The van der Waals surface area contributed by atoms with Crippen LogP contribution in [0.1, 0.15) is 52.1 Å². The summed E-state index contributed by atoms with van der Waals surface area (Å²) in [6.45, 7) is 6.58. The Labute approximate surface area is 192 Å². The molecule has 3 aromatic rings. The van der Waals surface area contributed by atoms with Gasteiger partial charge in [-0.1, -0.05) is 12.1 Å². The third-order valence-electron chi connectivity index (χ3n) is 5.92. The molecule has 0 bridgehead atoms. The first-order valence-corrected chi connectivity index (χ1v) is 11.0. The molecule has 1 unspecified atom stereocenters. The van der Waals surface area contributed by atoms with Crippen molar-refractivity contribution in [1.29, 1.82) is 0 Å². The second kappa shape index (κ2) is 9.15. The first kappa shape index (κ1) is 22.7. The normalized spacial score (nSPS) is 15.1. The molecule has 1 aromatic heterocycles. The number of amides is 1. The number of aliphatic hydroxyl groups is 1. The third-order valence-corrected chi connectivity index (χ3v) is 5.92. The largest absolute Gasteiger partial charge is 0.507 e. The van der Waals surface area contributed by atoms with Crippen molar-refractivity contribution >= 4 is 5.91 Å². The van der Waals surface area contributed by atoms with Crippen LogP contribution < -0.4 is 9.47 Å². The van der Waals surface area contributed by atoms with E-state index >= 15 is 0 Å². The second-order valence-corrected chi connectivity index (χ2v) is 8.16. The number of phenolic OH excluding ortho intramolecular Hbond substituents is 1. The number of hydrogen-bond acceptors (Lipinski definition) is 6. The number of phenols is 1. The Morgan fingerprint density at radius 2 is 1.97 bits per heavy atom. The molecule has 1 aliphatic heterocycles. The standard InChI is InChI=1S/C25H29N3O5/c1-5-33-18-8-7-16(13-19(18)32-4)24-21-22(20-15(3)11-14(2)12-17(20)30)26-27-23(21)25(31)28(24)9-6-10-29/h7-8,11-13,24,29-30H,5-6,9-10H2,1-4H3,(H,26,27). The Balaban J connectivity index is 1.90. The Kier molecular flexibility index (Phi) is 6.29. The SMILES string of the molecule is CCOc1ccc(C2c3c(-c4c(C)cc(C)cc4O)n[nH]c3C(=O)N2CCCO)cc1OC. The highest BCUT2D eigenvalue weighted by atomic mass is 16.5. The van der Waals surface area contributed by atoms with Gasteiger partial charge in [0.15, 0.2) is 11.5 Å². The first-order valence-electron chi connectivity index (χ1n) is 11.0. The van der Waals surface area contributed by atoms with Gasteiger partial charge in [-0.05, 0) is 62.1 Å². The zero-order valence-corrected chi connectivity index (χ0v) is 19.3. The Hall–Kier alpha value is -3.52.